The molecule has 0 saturated carbocycles. The number of benzene rings is 2. The summed E-state index contributed by atoms with van der Waals surface area (Å²) in [5.74, 6) is 1.87. The minimum Gasteiger partial charge on any atom is -0.497 e. The number of anilines is 1. The van der Waals surface area contributed by atoms with Gasteiger partial charge in [0.2, 0.25) is 5.91 Å². The average molecular weight is 466 g/mol. The molecule has 0 fully saturated rings. The van der Waals surface area contributed by atoms with Gasteiger partial charge in [0.25, 0.3) is 0 Å². The number of amides is 1. The van der Waals surface area contributed by atoms with Gasteiger partial charge in [0, 0.05) is 23.6 Å². The van der Waals surface area contributed by atoms with E-state index in [0.29, 0.717) is 36.0 Å². The van der Waals surface area contributed by atoms with Crippen molar-refractivity contribution < 1.29 is 19.0 Å². The molecule has 0 saturated heterocycles. The van der Waals surface area contributed by atoms with Crippen molar-refractivity contribution >= 4 is 23.4 Å². The molecule has 1 aliphatic heterocycles. The minimum absolute atomic E-state index is 0.169. The molecule has 0 unspecified atom stereocenters. The zero-order valence-corrected chi connectivity index (χ0v) is 20.0. The lowest BCUT2D eigenvalue weighted by Crippen LogP contribution is -2.33. The molecule has 7 nitrogen and oxygen atoms in total. The van der Waals surface area contributed by atoms with E-state index in [2.05, 4.69) is 19.2 Å². The number of hydrogen-bond acceptors (Lipinski definition) is 7. The lowest BCUT2D eigenvalue weighted by molar-refractivity contribution is -0.113. The maximum atomic E-state index is 12.8. The van der Waals surface area contributed by atoms with Gasteiger partial charge in [-0.05, 0) is 26.0 Å². The fraction of sp³-hybridized carbons (Fsp3) is 0.320. The van der Waals surface area contributed by atoms with Gasteiger partial charge >= 0.3 is 0 Å². The summed E-state index contributed by atoms with van der Waals surface area (Å²) in [6, 6.07) is 15.1. The van der Waals surface area contributed by atoms with Crippen LogP contribution in [0.1, 0.15) is 25.1 Å². The van der Waals surface area contributed by atoms with Crippen LogP contribution in [0.3, 0.4) is 0 Å². The Morgan fingerprint density at radius 3 is 2.64 bits per heavy atom. The quantitative estimate of drug-likeness (QED) is 0.398. The van der Waals surface area contributed by atoms with E-state index in [9.17, 15) is 4.79 Å². The third kappa shape index (κ3) is 5.46. The fourth-order valence-electron chi connectivity index (χ4n) is 3.59. The van der Waals surface area contributed by atoms with E-state index in [1.165, 1.54) is 11.8 Å². The van der Waals surface area contributed by atoms with E-state index in [1.807, 2.05) is 30.3 Å². The van der Waals surface area contributed by atoms with Gasteiger partial charge in [-0.25, -0.2) is 9.97 Å². The smallest absolute Gasteiger partial charge is 0.234 e. The van der Waals surface area contributed by atoms with E-state index in [4.69, 9.17) is 24.2 Å². The number of carbonyl (C=O) groups excluding carboxylic acids is 1. The van der Waals surface area contributed by atoms with E-state index >= 15 is 0 Å². The van der Waals surface area contributed by atoms with Crippen LogP contribution in [-0.2, 0) is 22.6 Å². The number of nitrogens with zero attached hydrogens (tertiary/aromatic N) is 2. The van der Waals surface area contributed by atoms with E-state index in [-0.39, 0.29) is 17.3 Å². The van der Waals surface area contributed by atoms with Gasteiger partial charge in [-0.15, -0.1) is 0 Å². The summed E-state index contributed by atoms with van der Waals surface area (Å²) in [4.78, 5) is 22.4. The Balaban J connectivity index is 1.57. The van der Waals surface area contributed by atoms with Gasteiger partial charge in [0.05, 0.1) is 43.6 Å². The topological polar surface area (TPSA) is 82.6 Å². The molecule has 8 heteroatoms. The summed E-state index contributed by atoms with van der Waals surface area (Å²) in [7, 11) is 3.14. The number of rotatable bonds is 7. The first-order chi connectivity index (χ1) is 15.9. The molecule has 1 aliphatic rings. The lowest BCUT2D eigenvalue weighted by atomic mass is 9.96. The molecule has 1 N–H and O–H groups in total. The van der Waals surface area contributed by atoms with Crippen LogP contribution >= 0.6 is 11.8 Å². The molecule has 1 amide bonds. The van der Waals surface area contributed by atoms with Gasteiger partial charge in [-0.1, -0.05) is 42.1 Å². The van der Waals surface area contributed by atoms with Crippen molar-refractivity contribution in [3.05, 3.63) is 59.8 Å². The molecule has 3 aromatic rings. The molecule has 0 aliphatic carbocycles. The minimum atomic E-state index is -0.294. The highest BCUT2D eigenvalue weighted by atomic mass is 32.2. The first-order valence-corrected chi connectivity index (χ1v) is 11.6. The second-order valence-corrected chi connectivity index (χ2v) is 9.24. The van der Waals surface area contributed by atoms with Gasteiger partial charge in [0.1, 0.15) is 16.5 Å². The van der Waals surface area contributed by atoms with E-state index in [0.717, 1.165) is 21.8 Å². The Morgan fingerprint density at radius 2 is 1.91 bits per heavy atom. The number of hydrogen-bond donors (Lipinski definition) is 1. The molecular formula is C25H27N3O4S. The third-order valence-electron chi connectivity index (χ3n) is 5.31. The van der Waals surface area contributed by atoms with Crippen LogP contribution in [0.5, 0.6) is 11.5 Å². The predicted molar refractivity (Wildman–Crippen MR) is 129 cm³/mol. The second-order valence-electron chi connectivity index (χ2n) is 8.27. The summed E-state index contributed by atoms with van der Waals surface area (Å²) in [6.45, 7) is 4.54. The van der Waals surface area contributed by atoms with Gasteiger partial charge in [-0.2, -0.15) is 0 Å². The zero-order chi connectivity index (χ0) is 23.4. The van der Waals surface area contributed by atoms with Gasteiger partial charge < -0.3 is 19.5 Å². The summed E-state index contributed by atoms with van der Waals surface area (Å²) in [5, 5.41) is 3.67. The lowest BCUT2D eigenvalue weighted by Gasteiger charge is -2.32. The number of carbonyl (C=O) groups is 1. The number of nitrogens with one attached hydrogen (secondary N) is 1. The van der Waals surface area contributed by atoms with Crippen molar-refractivity contribution in [2.24, 2.45) is 0 Å². The fourth-order valence-corrected chi connectivity index (χ4v) is 4.43. The summed E-state index contributed by atoms with van der Waals surface area (Å²) >= 11 is 1.38. The van der Waals surface area contributed by atoms with Crippen molar-refractivity contribution in [2.75, 3.05) is 25.3 Å². The van der Waals surface area contributed by atoms with Crippen molar-refractivity contribution in [3.8, 4) is 22.9 Å². The number of ether oxygens (including phenoxy) is 3. The van der Waals surface area contributed by atoms with Crippen LogP contribution in [0.25, 0.3) is 11.4 Å². The normalized spacial score (nSPS) is 14.3. The van der Waals surface area contributed by atoms with Crippen LogP contribution in [0.15, 0.2) is 53.6 Å². The summed E-state index contributed by atoms with van der Waals surface area (Å²) < 4.78 is 16.6. The molecular weight excluding hydrogens is 438 g/mol. The van der Waals surface area contributed by atoms with Crippen molar-refractivity contribution in [2.45, 2.75) is 37.5 Å². The molecule has 1 aromatic heterocycles. The molecule has 0 atom stereocenters. The molecule has 4 rings (SSSR count). The Morgan fingerprint density at radius 1 is 1.12 bits per heavy atom. The largest absolute Gasteiger partial charge is 0.497 e. The molecule has 172 valence electrons. The van der Waals surface area contributed by atoms with Gasteiger partial charge in [-0.3, -0.25) is 4.79 Å². The molecule has 2 heterocycles. The highest BCUT2D eigenvalue weighted by molar-refractivity contribution is 8.00. The maximum absolute atomic E-state index is 12.8. The molecule has 0 bridgehead atoms. The number of methoxy groups -OCH3 is 2. The standard InChI is InChI=1S/C25H27N3O4S/c1-25(2)13-20-18(14-32-25)24(28-23(27-20)16-8-6-5-7-9-16)33-15-22(29)26-19-12-17(30-3)10-11-21(19)31-4/h5-12H,13-15H2,1-4H3,(H,26,29). The van der Waals surface area contributed by atoms with Crippen LogP contribution in [0.2, 0.25) is 0 Å². The average Bonchev–Trinajstić information content (AvgIpc) is 2.82. The van der Waals surface area contributed by atoms with Crippen LogP contribution in [0.4, 0.5) is 5.69 Å². The number of aromatic nitrogens is 2. The Kier molecular flexibility index (Phi) is 6.85. The van der Waals surface area contributed by atoms with Crippen LogP contribution in [0, 0.1) is 0 Å². The molecule has 0 radical (unpaired) electrons. The first-order valence-electron chi connectivity index (χ1n) is 10.6. The van der Waals surface area contributed by atoms with Crippen molar-refractivity contribution in [1.82, 2.24) is 9.97 Å². The van der Waals surface area contributed by atoms with E-state index < -0.39 is 0 Å². The van der Waals surface area contributed by atoms with Gasteiger partial charge in [0.15, 0.2) is 5.82 Å². The number of thioether (sulfide) groups is 1. The molecule has 0 spiro atoms. The highest BCUT2D eigenvalue weighted by Gasteiger charge is 2.30. The number of fused-ring (bicyclic) bond motifs is 1. The third-order valence-corrected chi connectivity index (χ3v) is 6.33. The zero-order valence-electron chi connectivity index (χ0n) is 19.2. The summed E-state index contributed by atoms with van der Waals surface area (Å²) in [6.07, 6.45) is 0.686. The monoisotopic (exact) mass is 465 g/mol. The Hall–Kier alpha value is -3.10. The van der Waals surface area contributed by atoms with Crippen LogP contribution in [-0.4, -0.2) is 41.4 Å². The Bertz CT molecular complexity index is 1150. The first kappa shape index (κ1) is 23.1. The Labute approximate surface area is 197 Å². The molecule has 2 aromatic carbocycles. The SMILES string of the molecule is COc1ccc(OC)c(NC(=O)CSc2nc(-c3ccccc3)nc3c2COC(C)(C)C3)c1. The van der Waals surface area contributed by atoms with Crippen LogP contribution < -0.4 is 14.8 Å². The van der Waals surface area contributed by atoms with E-state index in [1.54, 1.807) is 32.4 Å². The second kappa shape index (κ2) is 9.80. The van der Waals surface area contributed by atoms with Crippen molar-refractivity contribution in [3.63, 3.8) is 0 Å². The predicted octanol–water partition coefficient (Wildman–Crippen LogP) is 4.74. The summed E-state index contributed by atoms with van der Waals surface area (Å²) in [5.41, 5.74) is 3.12. The molecule has 33 heavy (non-hydrogen) atoms. The maximum Gasteiger partial charge on any atom is 0.234 e. The highest BCUT2D eigenvalue weighted by Crippen LogP contribution is 2.34. The van der Waals surface area contributed by atoms with Crippen molar-refractivity contribution in [1.29, 1.82) is 0 Å².